The van der Waals surface area contributed by atoms with Gasteiger partial charge in [-0.3, -0.25) is 4.90 Å². The molecule has 0 bridgehead atoms. The van der Waals surface area contributed by atoms with E-state index in [1.165, 1.54) is 11.9 Å². The van der Waals surface area contributed by atoms with Crippen molar-refractivity contribution >= 4 is 11.0 Å². The first-order valence-corrected chi connectivity index (χ1v) is 7.96. The number of imidazole rings is 1. The summed E-state index contributed by atoms with van der Waals surface area (Å²) in [4.78, 5) is 7.14. The van der Waals surface area contributed by atoms with E-state index in [9.17, 15) is 5.11 Å². The molecule has 2 unspecified atom stereocenters. The Morgan fingerprint density at radius 2 is 2.05 bits per heavy atom. The third kappa shape index (κ3) is 2.97. The van der Waals surface area contributed by atoms with Gasteiger partial charge in [0.05, 0.1) is 11.0 Å². The minimum atomic E-state index is 0.316. The first-order chi connectivity index (χ1) is 10.2. The number of nitrogens with zero attached hydrogens (tertiary/aromatic N) is 3. The fourth-order valence-corrected chi connectivity index (χ4v) is 3.43. The zero-order valence-corrected chi connectivity index (χ0v) is 13.0. The molecule has 1 aromatic carbocycles. The van der Waals surface area contributed by atoms with Gasteiger partial charge in [0, 0.05) is 32.3 Å². The SMILES string of the molecule is Cc1nc2ccccc2n1CCN1CC(CO)CCC1C. The summed E-state index contributed by atoms with van der Waals surface area (Å²) < 4.78 is 2.31. The molecule has 1 aromatic heterocycles. The van der Waals surface area contributed by atoms with E-state index in [0.29, 0.717) is 18.6 Å². The standard InChI is InChI=1S/C17H25N3O/c1-13-7-8-15(12-21)11-19(13)9-10-20-14(2)18-16-5-3-4-6-17(16)20/h3-6,13,15,21H,7-12H2,1-2H3. The van der Waals surface area contributed by atoms with Crippen LogP contribution in [0.1, 0.15) is 25.6 Å². The Morgan fingerprint density at radius 1 is 1.24 bits per heavy atom. The van der Waals surface area contributed by atoms with Crippen LogP contribution in [0.4, 0.5) is 0 Å². The van der Waals surface area contributed by atoms with Crippen LogP contribution in [-0.2, 0) is 6.54 Å². The summed E-state index contributed by atoms with van der Waals surface area (Å²) in [7, 11) is 0. The summed E-state index contributed by atoms with van der Waals surface area (Å²) in [5.74, 6) is 1.53. The molecule has 4 heteroatoms. The Balaban J connectivity index is 1.72. The molecule has 1 N–H and O–H groups in total. The van der Waals surface area contributed by atoms with Gasteiger partial charge in [0.15, 0.2) is 0 Å². The van der Waals surface area contributed by atoms with Crippen molar-refractivity contribution in [2.24, 2.45) is 5.92 Å². The van der Waals surface area contributed by atoms with Crippen LogP contribution < -0.4 is 0 Å². The normalized spacial score (nSPS) is 23.8. The maximum absolute atomic E-state index is 9.39. The number of benzene rings is 1. The van der Waals surface area contributed by atoms with Gasteiger partial charge >= 0.3 is 0 Å². The number of aryl methyl sites for hydroxylation is 1. The lowest BCUT2D eigenvalue weighted by Gasteiger charge is -2.37. The molecule has 114 valence electrons. The maximum Gasteiger partial charge on any atom is 0.106 e. The number of hydrogen-bond acceptors (Lipinski definition) is 3. The highest BCUT2D eigenvalue weighted by Gasteiger charge is 2.24. The van der Waals surface area contributed by atoms with Gasteiger partial charge in [0.1, 0.15) is 5.82 Å². The third-order valence-corrected chi connectivity index (χ3v) is 4.82. The van der Waals surface area contributed by atoms with Crippen molar-refractivity contribution in [1.82, 2.24) is 14.5 Å². The first kappa shape index (κ1) is 14.5. The van der Waals surface area contributed by atoms with Crippen LogP contribution in [0.5, 0.6) is 0 Å². The van der Waals surface area contributed by atoms with E-state index in [1.54, 1.807) is 0 Å². The van der Waals surface area contributed by atoms with Crippen molar-refractivity contribution in [3.63, 3.8) is 0 Å². The number of aliphatic hydroxyl groups is 1. The highest BCUT2D eigenvalue weighted by Crippen LogP contribution is 2.22. The number of para-hydroxylation sites is 2. The van der Waals surface area contributed by atoms with Gasteiger partial charge in [-0.2, -0.15) is 0 Å². The third-order valence-electron chi connectivity index (χ3n) is 4.82. The number of hydrogen-bond donors (Lipinski definition) is 1. The summed E-state index contributed by atoms with van der Waals surface area (Å²) in [6.07, 6.45) is 2.34. The Bertz CT molecular complexity index is 607. The minimum Gasteiger partial charge on any atom is -0.396 e. The molecule has 1 fully saturated rings. The van der Waals surface area contributed by atoms with Gasteiger partial charge < -0.3 is 9.67 Å². The van der Waals surface area contributed by atoms with Crippen molar-refractivity contribution in [3.8, 4) is 0 Å². The van der Waals surface area contributed by atoms with Crippen LogP contribution in [0.15, 0.2) is 24.3 Å². The van der Waals surface area contributed by atoms with Crippen molar-refractivity contribution in [2.45, 2.75) is 39.3 Å². The quantitative estimate of drug-likeness (QED) is 0.939. The predicted octanol–water partition coefficient (Wildman–Crippen LogP) is 2.44. The molecule has 1 aliphatic heterocycles. The number of rotatable bonds is 4. The monoisotopic (exact) mass is 287 g/mol. The largest absolute Gasteiger partial charge is 0.396 e. The summed E-state index contributed by atoms with van der Waals surface area (Å²) in [6.45, 7) is 7.70. The second kappa shape index (κ2) is 6.16. The summed E-state index contributed by atoms with van der Waals surface area (Å²) in [5, 5.41) is 9.39. The molecule has 0 spiro atoms. The molecule has 0 aliphatic carbocycles. The number of aliphatic hydroxyl groups excluding tert-OH is 1. The molecular weight excluding hydrogens is 262 g/mol. The van der Waals surface area contributed by atoms with Gasteiger partial charge in [-0.25, -0.2) is 4.98 Å². The van der Waals surface area contributed by atoms with Gasteiger partial charge in [-0.1, -0.05) is 12.1 Å². The van der Waals surface area contributed by atoms with E-state index in [0.717, 1.165) is 37.4 Å². The lowest BCUT2D eigenvalue weighted by atomic mass is 9.94. The molecule has 1 saturated heterocycles. The van der Waals surface area contributed by atoms with Crippen molar-refractivity contribution in [1.29, 1.82) is 0 Å². The fourth-order valence-electron chi connectivity index (χ4n) is 3.43. The Labute approximate surface area is 126 Å². The van der Waals surface area contributed by atoms with Crippen LogP contribution in [-0.4, -0.2) is 45.3 Å². The molecule has 2 aromatic rings. The van der Waals surface area contributed by atoms with Crippen molar-refractivity contribution in [3.05, 3.63) is 30.1 Å². The number of likely N-dealkylation sites (tertiary alicyclic amines) is 1. The highest BCUT2D eigenvalue weighted by molar-refractivity contribution is 5.75. The zero-order chi connectivity index (χ0) is 14.8. The highest BCUT2D eigenvalue weighted by atomic mass is 16.3. The molecule has 2 heterocycles. The molecule has 0 saturated carbocycles. The topological polar surface area (TPSA) is 41.3 Å². The predicted molar refractivity (Wildman–Crippen MR) is 85.3 cm³/mol. The molecule has 2 atom stereocenters. The van der Waals surface area contributed by atoms with E-state index in [-0.39, 0.29) is 0 Å². The Morgan fingerprint density at radius 3 is 2.86 bits per heavy atom. The van der Waals surface area contributed by atoms with Crippen LogP contribution >= 0.6 is 0 Å². The van der Waals surface area contributed by atoms with Crippen LogP contribution in [0.3, 0.4) is 0 Å². The number of piperidine rings is 1. The van der Waals surface area contributed by atoms with Gasteiger partial charge in [0.25, 0.3) is 0 Å². The van der Waals surface area contributed by atoms with E-state index < -0.39 is 0 Å². The van der Waals surface area contributed by atoms with Crippen molar-refractivity contribution in [2.75, 3.05) is 19.7 Å². The summed E-state index contributed by atoms with van der Waals surface area (Å²) in [6, 6.07) is 8.95. The molecule has 0 amide bonds. The van der Waals surface area contributed by atoms with E-state index >= 15 is 0 Å². The van der Waals surface area contributed by atoms with Crippen LogP contribution in [0.25, 0.3) is 11.0 Å². The van der Waals surface area contributed by atoms with E-state index in [1.807, 2.05) is 6.07 Å². The zero-order valence-electron chi connectivity index (χ0n) is 13.0. The van der Waals surface area contributed by atoms with E-state index in [4.69, 9.17) is 0 Å². The average molecular weight is 287 g/mol. The Kier molecular flexibility index (Phi) is 4.27. The molecule has 4 nitrogen and oxygen atoms in total. The molecule has 1 aliphatic rings. The molecular formula is C17H25N3O. The van der Waals surface area contributed by atoms with Gasteiger partial charge in [-0.05, 0) is 44.7 Å². The lowest BCUT2D eigenvalue weighted by molar-refractivity contribution is 0.0802. The molecule has 0 radical (unpaired) electrons. The van der Waals surface area contributed by atoms with Crippen LogP contribution in [0.2, 0.25) is 0 Å². The number of aromatic nitrogens is 2. The maximum atomic E-state index is 9.39. The van der Waals surface area contributed by atoms with Gasteiger partial charge in [-0.15, -0.1) is 0 Å². The molecule has 21 heavy (non-hydrogen) atoms. The minimum absolute atomic E-state index is 0.316. The summed E-state index contributed by atoms with van der Waals surface area (Å²) >= 11 is 0. The fraction of sp³-hybridized carbons (Fsp3) is 0.588. The number of fused-ring (bicyclic) bond motifs is 1. The average Bonchev–Trinajstić information content (AvgIpc) is 2.82. The van der Waals surface area contributed by atoms with Crippen molar-refractivity contribution < 1.29 is 5.11 Å². The second-order valence-corrected chi connectivity index (χ2v) is 6.27. The van der Waals surface area contributed by atoms with Gasteiger partial charge in [0.2, 0.25) is 0 Å². The summed E-state index contributed by atoms with van der Waals surface area (Å²) in [5.41, 5.74) is 2.30. The second-order valence-electron chi connectivity index (χ2n) is 6.27. The smallest absolute Gasteiger partial charge is 0.106 e. The first-order valence-electron chi connectivity index (χ1n) is 7.96. The van der Waals surface area contributed by atoms with E-state index in [2.05, 4.69) is 46.5 Å². The Hall–Kier alpha value is -1.39. The van der Waals surface area contributed by atoms with Crippen LogP contribution in [0, 0.1) is 12.8 Å². The molecule has 3 rings (SSSR count). The lowest BCUT2D eigenvalue weighted by Crippen LogP contribution is -2.44.